The Bertz CT molecular complexity index is 318. The van der Waals surface area contributed by atoms with Crippen molar-refractivity contribution in [2.75, 3.05) is 32.7 Å². The molecule has 0 aromatic heterocycles. The van der Waals surface area contributed by atoms with Gasteiger partial charge in [-0.2, -0.15) is 0 Å². The SMILES string of the molecule is CCN1CCN(CC(N)(C(N)=O)C2CC2)CC1C. The van der Waals surface area contributed by atoms with Crippen molar-refractivity contribution in [3.05, 3.63) is 0 Å². The molecule has 1 heterocycles. The number of amides is 1. The van der Waals surface area contributed by atoms with Gasteiger partial charge in [-0.05, 0) is 32.2 Å². The van der Waals surface area contributed by atoms with E-state index in [1.807, 2.05) is 0 Å². The predicted molar refractivity (Wildman–Crippen MR) is 72.0 cm³/mol. The molecule has 0 bridgehead atoms. The first-order chi connectivity index (χ1) is 8.47. The Hall–Kier alpha value is -0.650. The van der Waals surface area contributed by atoms with Crippen LogP contribution in [0.5, 0.6) is 0 Å². The summed E-state index contributed by atoms with van der Waals surface area (Å²) >= 11 is 0. The second-order valence-electron chi connectivity index (χ2n) is 5.89. The van der Waals surface area contributed by atoms with E-state index in [1.54, 1.807) is 0 Å². The zero-order chi connectivity index (χ0) is 13.3. The van der Waals surface area contributed by atoms with Gasteiger partial charge in [-0.3, -0.25) is 14.6 Å². The molecule has 4 N–H and O–H groups in total. The first kappa shape index (κ1) is 13.8. The Morgan fingerprint density at radius 1 is 1.39 bits per heavy atom. The lowest BCUT2D eigenvalue weighted by molar-refractivity contribution is -0.125. The maximum atomic E-state index is 11.6. The molecule has 2 aliphatic rings. The Labute approximate surface area is 109 Å². The average Bonchev–Trinajstić information content (AvgIpc) is 3.13. The van der Waals surface area contributed by atoms with Gasteiger partial charge in [0.05, 0.1) is 0 Å². The molecule has 18 heavy (non-hydrogen) atoms. The van der Waals surface area contributed by atoms with Crippen LogP contribution in [0.15, 0.2) is 0 Å². The maximum absolute atomic E-state index is 11.6. The second-order valence-corrected chi connectivity index (χ2v) is 5.89. The summed E-state index contributed by atoms with van der Waals surface area (Å²) in [7, 11) is 0. The van der Waals surface area contributed by atoms with Crippen LogP contribution < -0.4 is 11.5 Å². The Morgan fingerprint density at radius 3 is 2.50 bits per heavy atom. The summed E-state index contributed by atoms with van der Waals surface area (Å²) in [5.41, 5.74) is 11.0. The second kappa shape index (κ2) is 5.15. The van der Waals surface area contributed by atoms with Crippen LogP contribution in [0.2, 0.25) is 0 Å². The fourth-order valence-electron chi connectivity index (χ4n) is 3.06. The average molecular weight is 254 g/mol. The number of carbonyl (C=O) groups is 1. The van der Waals surface area contributed by atoms with Gasteiger partial charge in [-0.1, -0.05) is 6.92 Å². The monoisotopic (exact) mass is 254 g/mol. The molecule has 1 aliphatic carbocycles. The smallest absolute Gasteiger partial charge is 0.239 e. The first-order valence-corrected chi connectivity index (χ1v) is 7.02. The number of hydrogen-bond acceptors (Lipinski definition) is 4. The normalized spacial score (nSPS) is 30.1. The molecular formula is C13H26N4O. The van der Waals surface area contributed by atoms with E-state index < -0.39 is 5.54 Å². The molecule has 2 unspecified atom stereocenters. The fraction of sp³-hybridized carbons (Fsp3) is 0.923. The minimum absolute atomic E-state index is 0.300. The summed E-state index contributed by atoms with van der Waals surface area (Å²) < 4.78 is 0. The third-order valence-corrected chi connectivity index (χ3v) is 4.51. The third kappa shape index (κ3) is 2.68. The molecule has 104 valence electrons. The highest BCUT2D eigenvalue weighted by Gasteiger charge is 2.48. The number of rotatable bonds is 5. The van der Waals surface area contributed by atoms with Gasteiger partial charge in [-0.15, -0.1) is 0 Å². The van der Waals surface area contributed by atoms with E-state index in [0.29, 0.717) is 18.5 Å². The summed E-state index contributed by atoms with van der Waals surface area (Å²) in [6, 6.07) is 0.528. The van der Waals surface area contributed by atoms with Gasteiger partial charge >= 0.3 is 0 Å². The van der Waals surface area contributed by atoms with Crippen LogP contribution >= 0.6 is 0 Å². The lowest BCUT2D eigenvalue weighted by Crippen LogP contribution is -2.63. The molecule has 0 aromatic rings. The number of primary amides is 1. The summed E-state index contributed by atoms with van der Waals surface area (Å²) in [5, 5.41) is 0. The zero-order valence-electron chi connectivity index (χ0n) is 11.6. The summed E-state index contributed by atoms with van der Waals surface area (Å²) in [5.74, 6) is -0.0370. The number of nitrogens with zero attached hydrogens (tertiary/aromatic N) is 2. The van der Waals surface area contributed by atoms with E-state index in [-0.39, 0.29) is 5.91 Å². The zero-order valence-corrected chi connectivity index (χ0v) is 11.6. The van der Waals surface area contributed by atoms with Gasteiger partial charge in [0, 0.05) is 32.2 Å². The van der Waals surface area contributed by atoms with Crippen LogP contribution in [0.4, 0.5) is 0 Å². The molecule has 5 heteroatoms. The summed E-state index contributed by atoms with van der Waals surface area (Å²) in [6.07, 6.45) is 2.09. The van der Waals surface area contributed by atoms with E-state index in [0.717, 1.165) is 39.0 Å². The van der Waals surface area contributed by atoms with E-state index in [4.69, 9.17) is 11.5 Å². The number of piperazine rings is 1. The minimum atomic E-state index is -0.811. The summed E-state index contributed by atoms with van der Waals surface area (Å²) in [4.78, 5) is 16.4. The van der Waals surface area contributed by atoms with E-state index in [2.05, 4.69) is 23.6 Å². The van der Waals surface area contributed by atoms with Crippen molar-refractivity contribution in [3.63, 3.8) is 0 Å². The molecule has 0 aromatic carbocycles. The predicted octanol–water partition coefficient (Wildman–Crippen LogP) is -0.395. The lowest BCUT2D eigenvalue weighted by Gasteiger charge is -2.42. The molecule has 2 atom stereocenters. The van der Waals surface area contributed by atoms with Crippen molar-refractivity contribution in [1.29, 1.82) is 0 Å². The number of carbonyl (C=O) groups excluding carboxylic acids is 1. The van der Waals surface area contributed by atoms with Crippen molar-refractivity contribution in [3.8, 4) is 0 Å². The minimum Gasteiger partial charge on any atom is -0.368 e. The van der Waals surface area contributed by atoms with Gasteiger partial charge in [0.2, 0.25) is 5.91 Å². The Balaban J connectivity index is 1.95. The van der Waals surface area contributed by atoms with Crippen LogP contribution in [-0.4, -0.2) is 60.0 Å². The van der Waals surface area contributed by atoms with Crippen molar-refractivity contribution in [1.82, 2.24) is 9.80 Å². The molecule has 5 nitrogen and oxygen atoms in total. The molecular weight excluding hydrogens is 228 g/mol. The van der Waals surface area contributed by atoms with Crippen LogP contribution in [0, 0.1) is 5.92 Å². The molecule has 2 rings (SSSR count). The van der Waals surface area contributed by atoms with Gasteiger partial charge < -0.3 is 11.5 Å². The van der Waals surface area contributed by atoms with Crippen LogP contribution in [-0.2, 0) is 4.79 Å². The van der Waals surface area contributed by atoms with Gasteiger partial charge in [-0.25, -0.2) is 0 Å². The highest BCUT2D eigenvalue weighted by Crippen LogP contribution is 2.38. The number of hydrogen-bond donors (Lipinski definition) is 2. The Morgan fingerprint density at radius 2 is 2.06 bits per heavy atom. The first-order valence-electron chi connectivity index (χ1n) is 7.02. The van der Waals surface area contributed by atoms with Crippen LogP contribution in [0.1, 0.15) is 26.7 Å². The quantitative estimate of drug-likeness (QED) is 0.700. The highest BCUT2D eigenvalue weighted by atomic mass is 16.1. The van der Waals surface area contributed by atoms with Gasteiger partial charge in [0.25, 0.3) is 0 Å². The molecule has 1 saturated heterocycles. The summed E-state index contributed by atoms with van der Waals surface area (Å²) in [6.45, 7) is 9.14. The lowest BCUT2D eigenvalue weighted by atomic mass is 9.92. The topological polar surface area (TPSA) is 75.6 Å². The van der Waals surface area contributed by atoms with E-state index >= 15 is 0 Å². The van der Waals surface area contributed by atoms with Crippen molar-refractivity contribution in [2.45, 2.75) is 38.3 Å². The van der Waals surface area contributed by atoms with Crippen molar-refractivity contribution in [2.24, 2.45) is 17.4 Å². The van der Waals surface area contributed by atoms with Crippen molar-refractivity contribution < 1.29 is 4.79 Å². The molecule has 1 saturated carbocycles. The number of likely N-dealkylation sites (N-methyl/N-ethyl adjacent to an activating group) is 1. The third-order valence-electron chi connectivity index (χ3n) is 4.51. The maximum Gasteiger partial charge on any atom is 0.239 e. The van der Waals surface area contributed by atoms with E-state index in [1.165, 1.54) is 0 Å². The Kier molecular flexibility index (Phi) is 3.94. The van der Waals surface area contributed by atoms with E-state index in [9.17, 15) is 4.79 Å². The number of nitrogens with two attached hydrogens (primary N) is 2. The largest absolute Gasteiger partial charge is 0.368 e. The van der Waals surface area contributed by atoms with Gasteiger partial charge in [0.15, 0.2) is 0 Å². The molecule has 2 fully saturated rings. The molecule has 0 spiro atoms. The van der Waals surface area contributed by atoms with Crippen LogP contribution in [0.3, 0.4) is 0 Å². The van der Waals surface area contributed by atoms with Crippen LogP contribution in [0.25, 0.3) is 0 Å². The standard InChI is InChI=1S/C13H26N4O/c1-3-17-7-6-16(8-10(17)2)9-13(15,12(14)18)11-4-5-11/h10-11H,3-9,15H2,1-2H3,(H2,14,18). The fourth-order valence-corrected chi connectivity index (χ4v) is 3.06. The van der Waals surface area contributed by atoms with Crippen molar-refractivity contribution >= 4 is 5.91 Å². The molecule has 1 aliphatic heterocycles. The molecule has 0 radical (unpaired) electrons. The van der Waals surface area contributed by atoms with Gasteiger partial charge in [0.1, 0.15) is 5.54 Å². The molecule has 1 amide bonds. The highest BCUT2D eigenvalue weighted by molar-refractivity contribution is 5.85.